The number of carbonyl (C=O) groups excluding carboxylic acids is 1. The van der Waals surface area contributed by atoms with Crippen LogP contribution in [0, 0.1) is 5.41 Å². The van der Waals surface area contributed by atoms with Gasteiger partial charge in [-0.15, -0.1) is 0 Å². The van der Waals surface area contributed by atoms with Crippen LogP contribution in [-0.4, -0.2) is 25.0 Å². The molecule has 3 nitrogen and oxygen atoms in total. The quantitative estimate of drug-likeness (QED) is 0.582. The van der Waals surface area contributed by atoms with Gasteiger partial charge < -0.3 is 10.6 Å². The molecular weight excluding hydrogens is 140 g/mol. The lowest BCUT2D eigenvalue weighted by Crippen LogP contribution is -2.59. The minimum atomic E-state index is -0.109. The Morgan fingerprint density at radius 2 is 2.18 bits per heavy atom. The van der Waals surface area contributed by atoms with Crippen molar-refractivity contribution in [2.45, 2.75) is 25.8 Å². The lowest BCUT2D eigenvalue weighted by atomic mass is 9.83. The number of amides is 1. The van der Waals surface area contributed by atoms with Gasteiger partial charge in [-0.2, -0.15) is 0 Å². The van der Waals surface area contributed by atoms with Crippen molar-refractivity contribution in [3.63, 3.8) is 0 Å². The van der Waals surface area contributed by atoms with Crippen molar-refractivity contribution in [1.82, 2.24) is 10.6 Å². The summed E-state index contributed by atoms with van der Waals surface area (Å²) >= 11 is 0. The molecular formula is C8H14N2O. The molecule has 0 unspecified atom stereocenters. The molecule has 0 spiro atoms. The summed E-state index contributed by atoms with van der Waals surface area (Å²) in [5.74, 6) is 0.235. The fourth-order valence-electron chi connectivity index (χ4n) is 1.25. The second-order valence-corrected chi connectivity index (χ2v) is 3.91. The molecule has 2 aliphatic rings. The van der Waals surface area contributed by atoms with Gasteiger partial charge >= 0.3 is 0 Å². The Labute approximate surface area is 66.5 Å². The highest BCUT2D eigenvalue weighted by atomic mass is 16.2. The van der Waals surface area contributed by atoms with Gasteiger partial charge in [0.05, 0.1) is 5.41 Å². The highest BCUT2D eigenvalue weighted by Gasteiger charge is 2.41. The van der Waals surface area contributed by atoms with E-state index in [2.05, 4.69) is 10.6 Å². The molecule has 0 aromatic carbocycles. The molecule has 62 valence electrons. The van der Waals surface area contributed by atoms with E-state index in [1.807, 2.05) is 6.92 Å². The molecule has 2 rings (SSSR count). The summed E-state index contributed by atoms with van der Waals surface area (Å²) in [6.45, 7) is 3.69. The van der Waals surface area contributed by atoms with Crippen LogP contribution in [0.3, 0.4) is 0 Å². The van der Waals surface area contributed by atoms with E-state index in [9.17, 15) is 4.79 Å². The zero-order valence-corrected chi connectivity index (χ0v) is 6.81. The summed E-state index contributed by atoms with van der Waals surface area (Å²) in [6, 6.07) is 0.500. The fraction of sp³-hybridized carbons (Fsp3) is 0.875. The molecule has 1 heterocycles. The number of carbonyl (C=O) groups is 1. The Morgan fingerprint density at radius 3 is 2.55 bits per heavy atom. The molecule has 3 heteroatoms. The number of hydrogen-bond donors (Lipinski definition) is 2. The summed E-state index contributed by atoms with van der Waals surface area (Å²) in [5.41, 5.74) is -0.109. The molecule has 11 heavy (non-hydrogen) atoms. The van der Waals surface area contributed by atoms with Crippen LogP contribution in [0.15, 0.2) is 0 Å². The molecule has 0 radical (unpaired) electrons. The first-order valence-electron chi connectivity index (χ1n) is 4.22. The maximum atomic E-state index is 11.4. The van der Waals surface area contributed by atoms with Crippen LogP contribution in [0.4, 0.5) is 0 Å². The Hall–Kier alpha value is -0.570. The summed E-state index contributed by atoms with van der Waals surface area (Å²) in [5, 5.41) is 6.13. The predicted octanol–water partition coefficient (Wildman–Crippen LogP) is -0.125. The number of nitrogens with one attached hydrogen (secondary N) is 2. The highest BCUT2D eigenvalue weighted by Crippen LogP contribution is 2.25. The molecule has 1 aliphatic heterocycles. The first kappa shape index (κ1) is 7.10. The van der Waals surface area contributed by atoms with Crippen LogP contribution in [0.25, 0.3) is 0 Å². The molecule has 1 saturated carbocycles. The zero-order valence-electron chi connectivity index (χ0n) is 6.81. The summed E-state index contributed by atoms with van der Waals surface area (Å²) in [4.78, 5) is 11.4. The first-order valence-corrected chi connectivity index (χ1v) is 4.22. The van der Waals surface area contributed by atoms with Crippen LogP contribution in [0.5, 0.6) is 0 Å². The minimum Gasteiger partial charge on any atom is -0.353 e. The fourth-order valence-corrected chi connectivity index (χ4v) is 1.25. The SMILES string of the molecule is CC1(C(=O)NC2CC2)CNC1. The van der Waals surface area contributed by atoms with Crippen molar-refractivity contribution in [1.29, 1.82) is 0 Å². The Morgan fingerprint density at radius 1 is 1.55 bits per heavy atom. The Balaban J connectivity index is 1.86. The second-order valence-electron chi connectivity index (χ2n) is 3.91. The van der Waals surface area contributed by atoms with Gasteiger partial charge in [0.2, 0.25) is 5.91 Å². The highest BCUT2D eigenvalue weighted by molar-refractivity contribution is 5.84. The molecule has 1 amide bonds. The number of rotatable bonds is 2. The van der Waals surface area contributed by atoms with Gasteiger partial charge in [-0.05, 0) is 19.8 Å². The normalized spacial score (nSPS) is 27.4. The molecule has 2 fully saturated rings. The van der Waals surface area contributed by atoms with Crippen molar-refractivity contribution in [2.24, 2.45) is 5.41 Å². The minimum absolute atomic E-state index is 0.109. The van der Waals surface area contributed by atoms with Gasteiger partial charge in [-0.25, -0.2) is 0 Å². The van der Waals surface area contributed by atoms with Gasteiger partial charge in [0.15, 0.2) is 0 Å². The van der Waals surface area contributed by atoms with E-state index in [1.54, 1.807) is 0 Å². The average Bonchev–Trinajstić information content (AvgIpc) is 2.66. The molecule has 0 aromatic heterocycles. The van der Waals surface area contributed by atoms with E-state index in [0.29, 0.717) is 6.04 Å². The smallest absolute Gasteiger partial charge is 0.228 e. The average molecular weight is 154 g/mol. The van der Waals surface area contributed by atoms with E-state index < -0.39 is 0 Å². The Kier molecular flexibility index (Phi) is 1.42. The van der Waals surface area contributed by atoms with E-state index in [4.69, 9.17) is 0 Å². The van der Waals surface area contributed by atoms with E-state index >= 15 is 0 Å². The van der Waals surface area contributed by atoms with Gasteiger partial charge in [0.1, 0.15) is 0 Å². The Bertz CT molecular complexity index is 183. The van der Waals surface area contributed by atoms with Crippen LogP contribution >= 0.6 is 0 Å². The van der Waals surface area contributed by atoms with Crippen molar-refractivity contribution in [3.8, 4) is 0 Å². The van der Waals surface area contributed by atoms with Crippen molar-refractivity contribution in [2.75, 3.05) is 13.1 Å². The molecule has 0 bridgehead atoms. The summed E-state index contributed by atoms with van der Waals surface area (Å²) in [7, 11) is 0. The van der Waals surface area contributed by atoms with Gasteiger partial charge in [0, 0.05) is 19.1 Å². The van der Waals surface area contributed by atoms with Crippen molar-refractivity contribution >= 4 is 5.91 Å². The molecule has 1 aliphatic carbocycles. The molecule has 0 aromatic rings. The second kappa shape index (κ2) is 2.21. The third-order valence-corrected chi connectivity index (χ3v) is 2.49. The van der Waals surface area contributed by atoms with Crippen molar-refractivity contribution in [3.05, 3.63) is 0 Å². The summed E-state index contributed by atoms with van der Waals surface area (Å²) < 4.78 is 0. The summed E-state index contributed by atoms with van der Waals surface area (Å²) in [6.07, 6.45) is 2.35. The van der Waals surface area contributed by atoms with Gasteiger partial charge in [-0.1, -0.05) is 0 Å². The molecule has 0 atom stereocenters. The maximum Gasteiger partial charge on any atom is 0.228 e. The first-order chi connectivity index (χ1) is 5.21. The van der Waals surface area contributed by atoms with Crippen molar-refractivity contribution < 1.29 is 4.79 Å². The van der Waals surface area contributed by atoms with Crippen LogP contribution in [0.1, 0.15) is 19.8 Å². The third kappa shape index (κ3) is 1.25. The standard InChI is InChI=1S/C8H14N2O/c1-8(4-9-5-8)7(11)10-6-2-3-6/h6,9H,2-5H2,1H3,(H,10,11). The zero-order chi connectivity index (χ0) is 7.90. The topological polar surface area (TPSA) is 41.1 Å². The largest absolute Gasteiger partial charge is 0.353 e. The lowest BCUT2D eigenvalue weighted by Gasteiger charge is -2.37. The maximum absolute atomic E-state index is 11.4. The molecule has 2 N–H and O–H groups in total. The predicted molar refractivity (Wildman–Crippen MR) is 42.1 cm³/mol. The molecule has 1 saturated heterocycles. The number of hydrogen-bond acceptors (Lipinski definition) is 2. The van der Waals surface area contributed by atoms with Crippen LogP contribution in [-0.2, 0) is 4.79 Å². The van der Waals surface area contributed by atoms with Gasteiger partial charge in [0.25, 0.3) is 0 Å². The van der Waals surface area contributed by atoms with E-state index in [0.717, 1.165) is 13.1 Å². The lowest BCUT2D eigenvalue weighted by molar-refractivity contribution is -0.132. The third-order valence-electron chi connectivity index (χ3n) is 2.49. The van der Waals surface area contributed by atoms with E-state index in [-0.39, 0.29) is 11.3 Å². The van der Waals surface area contributed by atoms with E-state index in [1.165, 1.54) is 12.8 Å². The van der Waals surface area contributed by atoms with Gasteiger partial charge in [-0.3, -0.25) is 4.79 Å². The monoisotopic (exact) mass is 154 g/mol. The van der Waals surface area contributed by atoms with Crippen LogP contribution in [0.2, 0.25) is 0 Å². The van der Waals surface area contributed by atoms with Crippen LogP contribution < -0.4 is 10.6 Å².